The molecule has 0 aliphatic rings. The van der Waals surface area contributed by atoms with E-state index in [0.29, 0.717) is 17.4 Å². The quantitative estimate of drug-likeness (QED) is 0.601. The minimum Gasteiger partial charge on any atom is -0.495 e. The predicted molar refractivity (Wildman–Crippen MR) is 110 cm³/mol. The van der Waals surface area contributed by atoms with Gasteiger partial charge in [0.2, 0.25) is 5.91 Å². The molecule has 27 heavy (non-hydrogen) atoms. The van der Waals surface area contributed by atoms with Crippen molar-refractivity contribution in [1.29, 1.82) is 0 Å². The number of anilines is 1. The molecule has 0 saturated carbocycles. The van der Waals surface area contributed by atoms with E-state index in [4.69, 9.17) is 4.74 Å². The van der Waals surface area contributed by atoms with Crippen molar-refractivity contribution in [2.45, 2.75) is 24.9 Å². The fourth-order valence-electron chi connectivity index (χ4n) is 2.84. The minimum absolute atomic E-state index is 0.101. The average Bonchev–Trinajstić information content (AvgIpc) is 3.15. The predicted octanol–water partition coefficient (Wildman–Crippen LogP) is 4.74. The monoisotopic (exact) mass is 381 g/mol. The van der Waals surface area contributed by atoms with Crippen LogP contribution >= 0.6 is 11.8 Å². The SMILES string of the molecule is COc1ccccc1NC(=O)CSc1nccn1-c1ccccc1C(C)C. The molecular weight excluding hydrogens is 358 g/mol. The van der Waals surface area contributed by atoms with Crippen LogP contribution in [0.2, 0.25) is 0 Å². The summed E-state index contributed by atoms with van der Waals surface area (Å²) in [5.41, 5.74) is 3.01. The Morgan fingerprint density at radius 3 is 2.70 bits per heavy atom. The van der Waals surface area contributed by atoms with E-state index in [9.17, 15) is 4.79 Å². The molecule has 1 heterocycles. The van der Waals surface area contributed by atoms with Crippen LogP contribution < -0.4 is 10.1 Å². The molecule has 1 aromatic heterocycles. The van der Waals surface area contributed by atoms with E-state index in [2.05, 4.69) is 36.3 Å². The lowest BCUT2D eigenvalue weighted by atomic mass is 10.0. The third-order valence-corrected chi connectivity index (χ3v) is 5.11. The highest BCUT2D eigenvalue weighted by atomic mass is 32.2. The fraction of sp³-hybridized carbons (Fsp3) is 0.238. The van der Waals surface area contributed by atoms with Gasteiger partial charge in [-0.05, 0) is 29.7 Å². The molecule has 0 fully saturated rings. The standard InChI is InChI=1S/C21H23N3O2S/c1-15(2)16-8-4-6-10-18(16)24-13-12-22-21(24)27-14-20(25)23-17-9-5-7-11-19(17)26-3/h4-13,15H,14H2,1-3H3,(H,23,25). The number of nitrogens with zero attached hydrogens (tertiary/aromatic N) is 2. The number of para-hydroxylation sites is 3. The summed E-state index contributed by atoms with van der Waals surface area (Å²) < 4.78 is 7.31. The molecule has 0 aliphatic heterocycles. The van der Waals surface area contributed by atoms with Crippen molar-refractivity contribution in [2.24, 2.45) is 0 Å². The molecule has 0 radical (unpaired) electrons. The number of nitrogens with one attached hydrogen (secondary N) is 1. The summed E-state index contributed by atoms with van der Waals surface area (Å²) in [5, 5.41) is 3.68. The summed E-state index contributed by atoms with van der Waals surface area (Å²) in [7, 11) is 1.59. The van der Waals surface area contributed by atoms with Crippen molar-refractivity contribution in [3.8, 4) is 11.4 Å². The molecule has 6 heteroatoms. The van der Waals surface area contributed by atoms with Crippen LogP contribution in [0, 0.1) is 0 Å². The number of aromatic nitrogens is 2. The van der Waals surface area contributed by atoms with Gasteiger partial charge < -0.3 is 10.1 Å². The van der Waals surface area contributed by atoms with E-state index in [1.807, 2.05) is 47.2 Å². The molecule has 0 spiro atoms. The normalized spacial score (nSPS) is 10.8. The molecule has 0 bridgehead atoms. The Morgan fingerprint density at radius 1 is 1.19 bits per heavy atom. The summed E-state index contributed by atoms with van der Waals surface area (Å²) >= 11 is 1.41. The zero-order valence-corrected chi connectivity index (χ0v) is 16.5. The third-order valence-electron chi connectivity index (χ3n) is 4.14. The number of hydrogen-bond donors (Lipinski definition) is 1. The number of benzene rings is 2. The van der Waals surface area contributed by atoms with Crippen molar-refractivity contribution in [2.75, 3.05) is 18.2 Å². The number of methoxy groups -OCH3 is 1. The Hall–Kier alpha value is -2.73. The van der Waals surface area contributed by atoms with E-state index < -0.39 is 0 Å². The number of carbonyl (C=O) groups excluding carboxylic acids is 1. The van der Waals surface area contributed by atoms with Gasteiger partial charge in [-0.3, -0.25) is 9.36 Å². The maximum absolute atomic E-state index is 12.4. The number of ether oxygens (including phenoxy) is 1. The van der Waals surface area contributed by atoms with Crippen LogP contribution in [0.5, 0.6) is 5.75 Å². The van der Waals surface area contributed by atoms with Crippen molar-refractivity contribution in [3.05, 3.63) is 66.5 Å². The minimum atomic E-state index is -0.101. The summed E-state index contributed by atoms with van der Waals surface area (Å²) in [5.74, 6) is 1.20. The summed E-state index contributed by atoms with van der Waals surface area (Å²) in [6.07, 6.45) is 3.69. The fourth-order valence-corrected chi connectivity index (χ4v) is 3.61. The smallest absolute Gasteiger partial charge is 0.234 e. The molecule has 2 aromatic carbocycles. The molecule has 0 saturated heterocycles. The Bertz CT molecular complexity index is 921. The van der Waals surface area contributed by atoms with Gasteiger partial charge in [0.1, 0.15) is 5.75 Å². The van der Waals surface area contributed by atoms with Gasteiger partial charge in [0.25, 0.3) is 0 Å². The van der Waals surface area contributed by atoms with Crippen LogP contribution in [-0.4, -0.2) is 28.3 Å². The van der Waals surface area contributed by atoms with E-state index in [-0.39, 0.29) is 11.7 Å². The third kappa shape index (κ3) is 4.52. The second-order valence-electron chi connectivity index (χ2n) is 6.33. The van der Waals surface area contributed by atoms with Crippen LogP contribution in [0.15, 0.2) is 66.1 Å². The Balaban J connectivity index is 1.72. The lowest BCUT2D eigenvalue weighted by Gasteiger charge is -2.15. The number of rotatable bonds is 7. The van der Waals surface area contributed by atoms with Crippen molar-refractivity contribution >= 4 is 23.4 Å². The highest BCUT2D eigenvalue weighted by Gasteiger charge is 2.14. The first-order valence-corrected chi connectivity index (χ1v) is 9.77. The maximum atomic E-state index is 12.4. The van der Waals surface area contributed by atoms with Gasteiger partial charge in [-0.15, -0.1) is 0 Å². The molecular formula is C21H23N3O2S. The number of amides is 1. The van der Waals surface area contributed by atoms with E-state index in [1.165, 1.54) is 17.3 Å². The number of thioether (sulfide) groups is 1. The van der Waals surface area contributed by atoms with Crippen LogP contribution in [0.1, 0.15) is 25.3 Å². The maximum Gasteiger partial charge on any atom is 0.234 e. The van der Waals surface area contributed by atoms with Crippen LogP contribution in [0.25, 0.3) is 5.69 Å². The average molecular weight is 382 g/mol. The van der Waals surface area contributed by atoms with Gasteiger partial charge >= 0.3 is 0 Å². The molecule has 0 unspecified atom stereocenters. The van der Waals surface area contributed by atoms with Crippen LogP contribution in [0.4, 0.5) is 5.69 Å². The first-order valence-electron chi connectivity index (χ1n) is 8.78. The van der Waals surface area contributed by atoms with Gasteiger partial charge in [0.15, 0.2) is 5.16 Å². The molecule has 3 rings (SSSR count). The van der Waals surface area contributed by atoms with Crippen LogP contribution in [-0.2, 0) is 4.79 Å². The van der Waals surface area contributed by atoms with E-state index >= 15 is 0 Å². The van der Waals surface area contributed by atoms with Crippen molar-refractivity contribution < 1.29 is 9.53 Å². The molecule has 3 aromatic rings. The molecule has 140 valence electrons. The second kappa shape index (κ2) is 8.77. The van der Waals surface area contributed by atoms with Crippen molar-refractivity contribution in [1.82, 2.24) is 9.55 Å². The van der Waals surface area contributed by atoms with Crippen LogP contribution in [0.3, 0.4) is 0 Å². The number of carbonyl (C=O) groups is 1. The molecule has 0 aliphatic carbocycles. The van der Waals surface area contributed by atoms with Gasteiger partial charge in [-0.25, -0.2) is 4.98 Å². The highest BCUT2D eigenvalue weighted by molar-refractivity contribution is 7.99. The zero-order chi connectivity index (χ0) is 19.2. The number of imidazole rings is 1. The van der Waals surface area contributed by atoms with Crippen molar-refractivity contribution in [3.63, 3.8) is 0 Å². The summed E-state index contributed by atoms with van der Waals surface area (Å²) in [6, 6.07) is 15.6. The van der Waals surface area contributed by atoms with E-state index in [0.717, 1.165) is 10.8 Å². The largest absolute Gasteiger partial charge is 0.495 e. The lowest BCUT2D eigenvalue weighted by Crippen LogP contribution is -2.15. The Labute approximate surface area is 163 Å². The van der Waals surface area contributed by atoms with Gasteiger partial charge in [-0.1, -0.05) is 55.9 Å². The first-order chi connectivity index (χ1) is 13.1. The first kappa shape index (κ1) is 19.0. The van der Waals surface area contributed by atoms with Gasteiger partial charge in [0.05, 0.1) is 24.2 Å². The van der Waals surface area contributed by atoms with Gasteiger partial charge in [-0.2, -0.15) is 0 Å². The Morgan fingerprint density at radius 2 is 1.93 bits per heavy atom. The Kier molecular flexibility index (Phi) is 6.19. The molecule has 1 amide bonds. The molecule has 0 atom stereocenters. The lowest BCUT2D eigenvalue weighted by molar-refractivity contribution is -0.113. The summed E-state index contributed by atoms with van der Waals surface area (Å²) in [6.45, 7) is 4.34. The molecule has 1 N–H and O–H groups in total. The number of hydrogen-bond acceptors (Lipinski definition) is 4. The topological polar surface area (TPSA) is 56.1 Å². The van der Waals surface area contributed by atoms with Gasteiger partial charge in [0, 0.05) is 12.4 Å². The summed E-state index contributed by atoms with van der Waals surface area (Å²) in [4.78, 5) is 16.8. The second-order valence-corrected chi connectivity index (χ2v) is 7.27. The highest BCUT2D eigenvalue weighted by Crippen LogP contribution is 2.28. The zero-order valence-electron chi connectivity index (χ0n) is 15.7. The molecule has 5 nitrogen and oxygen atoms in total. The van der Waals surface area contributed by atoms with E-state index in [1.54, 1.807) is 13.3 Å².